The van der Waals surface area contributed by atoms with Gasteiger partial charge in [-0.25, -0.2) is 9.97 Å². The van der Waals surface area contributed by atoms with Crippen LogP contribution in [0, 0.1) is 5.92 Å². The second kappa shape index (κ2) is 14.4. The van der Waals surface area contributed by atoms with Crippen molar-refractivity contribution in [2.75, 3.05) is 5.75 Å². The van der Waals surface area contributed by atoms with Crippen LogP contribution in [0.4, 0.5) is 0 Å². The van der Waals surface area contributed by atoms with Gasteiger partial charge >= 0.3 is 0 Å². The molecule has 1 fully saturated rings. The Balaban J connectivity index is 1.05. The van der Waals surface area contributed by atoms with Crippen LogP contribution in [0.25, 0.3) is 22.2 Å². The lowest BCUT2D eigenvalue weighted by molar-refractivity contribution is -0.268. The van der Waals surface area contributed by atoms with Gasteiger partial charge in [-0.15, -0.1) is 0 Å². The minimum atomic E-state index is -0.571. The van der Waals surface area contributed by atoms with Crippen molar-refractivity contribution in [2.45, 2.75) is 43.7 Å². The number of fused-ring (bicyclic) bond motifs is 1. The molecular weight excluding hydrogens is 625 g/mol. The van der Waals surface area contributed by atoms with Crippen LogP contribution >= 0.6 is 11.8 Å². The molecule has 1 aliphatic heterocycles. The van der Waals surface area contributed by atoms with E-state index in [1.807, 2.05) is 78.9 Å². The Morgan fingerprint density at radius 1 is 0.875 bits per heavy atom. The summed E-state index contributed by atoms with van der Waals surface area (Å²) in [5.41, 5.74) is 7.55. The van der Waals surface area contributed by atoms with E-state index in [1.54, 1.807) is 11.8 Å². The zero-order valence-corrected chi connectivity index (χ0v) is 27.0. The Morgan fingerprint density at radius 2 is 1.67 bits per heavy atom. The number of aliphatic hydroxyl groups is 1. The average Bonchev–Trinajstić information content (AvgIpc) is 3.67. The Kier molecular flexibility index (Phi) is 9.53. The number of para-hydroxylation sites is 2. The zero-order chi connectivity index (χ0) is 32.9. The normalized spacial score (nSPS) is 19.3. The van der Waals surface area contributed by atoms with Crippen molar-refractivity contribution in [3.63, 3.8) is 0 Å². The Hall–Kier alpha value is -4.94. The number of hydrogen-bond acceptors (Lipinski definition) is 9. The number of aromatic nitrogens is 5. The molecule has 4 aromatic carbocycles. The number of amides is 1. The van der Waals surface area contributed by atoms with Gasteiger partial charge in [-0.3, -0.25) is 14.9 Å². The summed E-state index contributed by atoms with van der Waals surface area (Å²) in [5, 5.41) is 20.1. The molecule has 0 bridgehead atoms. The summed E-state index contributed by atoms with van der Waals surface area (Å²) in [4.78, 5) is 25.9. The molecule has 10 nitrogen and oxygen atoms in total. The molecule has 242 valence electrons. The number of benzene rings is 4. The lowest BCUT2D eigenvalue weighted by Crippen LogP contribution is -2.38. The van der Waals surface area contributed by atoms with Gasteiger partial charge in [0.25, 0.3) is 5.91 Å². The van der Waals surface area contributed by atoms with E-state index in [0.29, 0.717) is 17.8 Å². The number of ether oxygens (including phenoxy) is 2. The van der Waals surface area contributed by atoms with E-state index < -0.39 is 6.29 Å². The molecule has 0 saturated carbocycles. The number of carbonyl (C=O) groups excluding carboxylic acids is 1. The Morgan fingerprint density at radius 3 is 2.44 bits per heavy atom. The summed E-state index contributed by atoms with van der Waals surface area (Å²) < 4.78 is 13.2. The summed E-state index contributed by atoms with van der Waals surface area (Å²) >= 11 is 1.57. The molecule has 11 heteroatoms. The second-order valence-electron chi connectivity index (χ2n) is 11.7. The van der Waals surface area contributed by atoms with Crippen molar-refractivity contribution in [3.8, 4) is 11.1 Å². The minimum absolute atomic E-state index is 0.00600. The highest BCUT2D eigenvalue weighted by molar-refractivity contribution is 7.99. The van der Waals surface area contributed by atoms with Gasteiger partial charge in [0.2, 0.25) is 0 Å². The highest BCUT2D eigenvalue weighted by atomic mass is 32.2. The average molecular weight is 659 g/mol. The molecule has 0 spiro atoms. The SMILES string of the molecule is C[C@@H]1[C@H](CSc2ncn[nH]2)O[C@H](c2ccc(-c3cccc(CNC(=O)c4cnc5ccccc5n4)c3)cc2)O[C@@H]1c1ccc(CO)cc1. The number of H-pyrrole nitrogens is 1. The molecule has 3 heterocycles. The first-order valence-corrected chi connectivity index (χ1v) is 16.7. The summed E-state index contributed by atoms with van der Waals surface area (Å²) in [6.07, 6.45) is 2.11. The van der Waals surface area contributed by atoms with E-state index in [0.717, 1.165) is 44.1 Å². The molecule has 1 aliphatic rings. The van der Waals surface area contributed by atoms with Crippen molar-refractivity contribution in [3.05, 3.63) is 138 Å². The first-order chi connectivity index (χ1) is 23.5. The lowest BCUT2D eigenvalue weighted by atomic mass is 9.91. The zero-order valence-electron chi connectivity index (χ0n) is 26.2. The topological polar surface area (TPSA) is 135 Å². The number of nitrogens with one attached hydrogen (secondary N) is 2. The van der Waals surface area contributed by atoms with Crippen LogP contribution in [0.1, 0.15) is 52.1 Å². The maximum atomic E-state index is 12.8. The van der Waals surface area contributed by atoms with Crippen molar-refractivity contribution in [1.29, 1.82) is 0 Å². The molecule has 1 amide bonds. The van der Waals surface area contributed by atoms with Crippen LogP contribution in [0.3, 0.4) is 0 Å². The predicted octanol–water partition coefficient (Wildman–Crippen LogP) is 6.42. The number of hydrogen-bond donors (Lipinski definition) is 3. The standard InChI is InChI=1S/C37H34N6O4S/c1-23-33(21-48-37-40-22-41-43-37)46-36(47-34(23)27-11-9-24(20-44)10-12-27)28-15-13-26(14-16-28)29-6-4-5-25(17-29)18-39-35(45)32-19-38-30-7-2-3-8-31(30)42-32/h2-17,19,22-23,33-34,36,44H,18,20-21H2,1H3,(H,39,45)(H,40,41,43)/t23-,33+,34+,36+/m1/s1. The summed E-state index contributed by atoms with van der Waals surface area (Å²) in [6.45, 7) is 2.49. The van der Waals surface area contributed by atoms with Gasteiger partial charge in [0.15, 0.2) is 11.4 Å². The van der Waals surface area contributed by atoms with Gasteiger partial charge in [-0.05, 0) is 46.0 Å². The van der Waals surface area contributed by atoms with E-state index in [-0.39, 0.29) is 36.3 Å². The molecule has 6 aromatic rings. The van der Waals surface area contributed by atoms with Crippen molar-refractivity contribution in [2.24, 2.45) is 5.92 Å². The molecule has 0 aliphatic carbocycles. The molecule has 4 atom stereocenters. The number of aliphatic hydroxyl groups excluding tert-OH is 1. The number of nitrogens with zero attached hydrogens (tertiary/aromatic N) is 4. The van der Waals surface area contributed by atoms with E-state index in [1.165, 1.54) is 12.5 Å². The van der Waals surface area contributed by atoms with Crippen LogP contribution in [0.5, 0.6) is 0 Å². The molecule has 3 N–H and O–H groups in total. The fourth-order valence-electron chi connectivity index (χ4n) is 5.77. The number of thioether (sulfide) groups is 1. The van der Waals surface area contributed by atoms with Gasteiger partial charge in [-0.1, -0.05) is 97.5 Å². The van der Waals surface area contributed by atoms with E-state index >= 15 is 0 Å². The first kappa shape index (κ1) is 31.6. The van der Waals surface area contributed by atoms with E-state index in [2.05, 4.69) is 55.6 Å². The van der Waals surface area contributed by atoms with Crippen LogP contribution in [-0.4, -0.2) is 48.0 Å². The minimum Gasteiger partial charge on any atom is -0.392 e. The van der Waals surface area contributed by atoms with Crippen LogP contribution < -0.4 is 5.32 Å². The molecular formula is C37H34N6O4S. The predicted molar refractivity (Wildman–Crippen MR) is 183 cm³/mol. The van der Waals surface area contributed by atoms with Crippen LogP contribution in [0.2, 0.25) is 0 Å². The fourth-order valence-corrected chi connectivity index (χ4v) is 6.71. The van der Waals surface area contributed by atoms with Gasteiger partial charge in [0, 0.05) is 23.8 Å². The molecule has 1 saturated heterocycles. The third-order valence-corrected chi connectivity index (χ3v) is 9.44. The summed E-state index contributed by atoms with van der Waals surface area (Å²) in [5.74, 6) is 0.466. The lowest BCUT2D eigenvalue weighted by Gasteiger charge is -2.41. The van der Waals surface area contributed by atoms with E-state index in [4.69, 9.17) is 9.47 Å². The number of carbonyl (C=O) groups is 1. The maximum absolute atomic E-state index is 12.8. The van der Waals surface area contributed by atoms with Gasteiger partial charge in [0.1, 0.15) is 12.0 Å². The highest BCUT2D eigenvalue weighted by Gasteiger charge is 2.38. The quantitative estimate of drug-likeness (QED) is 0.143. The molecule has 48 heavy (non-hydrogen) atoms. The molecule has 0 unspecified atom stereocenters. The molecule has 2 aromatic heterocycles. The van der Waals surface area contributed by atoms with Gasteiger partial charge < -0.3 is 19.9 Å². The van der Waals surface area contributed by atoms with Crippen LogP contribution in [-0.2, 0) is 22.6 Å². The monoisotopic (exact) mass is 658 g/mol. The smallest absolute Gasteiger partial charge is 0.271 e. The maximum Gasteiger partial charge on any atom is 0.271 e. The number of aromatic amines is 1. The Bertz CT molecular complexity index is 1990. The van der Waals surface area contributed by atoms with E-state index in [9.17, 15) is 9.90 Å². The summed E-state index contributed by atoms with van der Waals surface area (Å²) in [6, 6.07) is 31.7. The van der Waals surface area contributed by atoms with Gasteiger partial charge in [0.05, 0.1) is 36.0 Å². The summed E-state index contributed by atoms with van der Waals surface area (Å²) in [7, 11) is 0. The largest absolute Gasteiger partial charge is 0.392 e. The molecule has 7 rings (SSSR count). The van der Waals surface area contributed by atoms with Crippen molar-refractivity contribution in [1.82, 2.24) is 30.5 Å². The first-order valence-electron chi connectivity index (χ1n) is 15.7. The third-order valence-electron chi connectivity index (χ3n) is 8.48. The number of rotatable bonds is 10. The Labute approximate surface area is 282 Å². The van der Waals surface area contributed by atoms with Crippen molar-refractivity contribution < 1.29 is 19.4 Å². The van der Waals surface area contributed by atoms with Gasteiger partial charge in [-0.2, -0.15) is 5.10 Å². The second-order valence-corrected chi connectivity index (χ2v) is 12.7. The van der Waals surface area contributed by atoms with Crippen LogP contribution in [0.15, 0.2) is 115 Å². The highest BCUT2D eigenvalue weighted by Crippen LogP contribution is 2.43. The van der Waals surface area contributed by atoms with Crippen molar-refractivity contribution >= 4 is 28.7 Å². The molecule has 0 radical (unpaired) electrons. The fraction of sp³-hybridized carbons (Fsp3) is 0.216. The third kappa shape index (κ3) is 7.14.